The van der Waals surface area contributed by atoms with Crippen LogP contribution in [0.5, 0.6) is 5.88 Å². The van der Waals surface area contributed by atoms with Crippen LogP contribution in [0.25, 0.3) is 22.4 Å². The first kappa shape index (κ1) is 42.5. The first-order chi connectivity index (χ1) is 25.3. The predicted octanol–water partition coefficient (Wildman–Crippen LogP) is 7.76. The van der Waals surface area contributed by atoms with E-state index < -0.39 is 16.0 Å². The minimum absolute atomic E-state index is 0. The molecule has 0 unspecified atom stereocenters. The van der Waals surface area contributed by atoms with Crippen molar-refractivity contribution in [1.29, 1.82) is 0 Å². The summed E-state index contributed by atoms with van der Waals surface area (Å²) in [6, 6.07) is 14.7. The third kappa shape index (κ3) is 9.51. The summed E-state index contributed by atoms with van der Waals surface area (Å²) in [5, 5.41) is 13.4. The summed E-state index contributed by atoms with van der Waals surface area (Å²) in [5.41, 5.74) is 6.76. The smallest absolute Gasteiger partial charge is 0.335 e. The molecule has 0 amide bonds. The number of benzene rings is 2. The van der Waals surface area contributed by atoms with Crippen LogP contribution in [-0.2, 0) is 22.5 Å². The molecule has 6 rings (SSSR count). The van der Waals surface area contributed by atoms with Crippen molar-refractivity contribution in [2.75, 3.05) is 11.3 Å². The molecule has 0 aliphatic carbocycles. The van der Waals surface area contributed by atoms with Crippen LogP contribution in [0.3, 0.4) is 0 Å². The Balaban J connectivity index is 0.00000580. The molecule has 2 aromatic carbocycles. The molecule has 3 N–H and O–H groups in total. The molecular weight excluding hydrogens is 743 g/mol. The molecule has 1 saturated heterocycles. The molecule has 0 bridgehead atoms. The molecule has 3 aromatic heterocycles. The molecule has 1 aliphatic heterocycles. The fourth-order valence-electron chi connectivity index (χ4n) is 7.66. The zero-order valence-electron chi connectivity index (χ0n) is 32.9. The number of nitrogens with one attached hydrogen (secondary N) is 2. The van der Waals surface area contributed by atoms with E-state index in [1.165, 1.54) is 23.9 Å². The van der Waals surface area contributed by atoms with Crippen molar-refractivity contribution in [3.8, 4) is 17.1 Å². The van der Waals surface area contributed by atoms with E-state index in [4.69, 9.17) is 14.7 Å². The Hall–Kier alpha value is -3.62. The predicted molar refractivity (Wildman–Crippen MR) is 210 cm³/mol. The molecule has 14 heteroatoms. The first-order valence-corrected chi connectivity index (χ1v) is 19.8. The maximum atomic E-state index is 13.5. The van der Waals surface area contributed by atoms with Crippen LogP contribution >= 0.6 is 0 Å². The number of carbonyl (C=O) groups is 1. The Morgan fingerprint density at radius 1 is 0.982 bits per heavy atom. The summed E-state index contributed by atoms with van der Waals surface area (Å²) in [7, 11) is -2.21. The van der Waals surface area contributed by atoms with Crippen molar-refractivity contribution in [3.63, 3.8) is 0 Å². The van der Waals surface area contributed by atoms with E-state index in [1.54, 1.807) is 6.07 Å². The molecule has 294 valence electrons. The van der Waals surface area contributed by atoms with Crippen LogP contribution in [0.1, 0.15) is 99.7 Å². The number of aromatic carboxylic acids is 1. The van der Waals surface area contributed by atoms with Gasteiger partial charge < -0.3 is 19.7 Å². The van der Waals surface area contributed by atoms with Gasteiger partial charge in [-0.15, -0.1) is 0 Å². The summed E-state index contributed by atoms with van der Waals surface area (Å²) in [6.07, 6.45) is 4.74. The number of hydrogen-bond acceptors (Lipinski definition) is 9. The minimum atomic E-state index is -4.26. The maximum Gasteiger partial charge on any atom is 0.335 e. The van der Waals surface area contributed by atoms with Gasteiger partial charge in [-0.1, -0.05) is 72.2 Å². The summed E-state index contributed by atoms with van der Waals surface area (Å²) in [5.74, 6) is -0.984. The van der Waals surface area contributed by atoms with Crippen molar-refractivity contribution in [3.05, 3.63) is 88.9 Å². The number of aromatic nitrogens is 5. The number of anilines is 1. The second kappa shape index (κ2) is 16.5. The number of ether oxygens (including phenoxy) is 1. The number of carboxylic acids is 1. The van der Waals surface area contributed by atoms with Gasteiger partial charge >= 0.3 is 5.97 Å². The van der Waals surface area contributed by atoms with E-state index in [1.807, 2.05) is 45.3 Å². The third-order valence-electron chi connectivity index (χ3n) is 10.4. The van der Waals surface area contributed by atoms with Gasteiger partial charge in [0.25, 0.3) is 10.0 Å². The zero-order chi connectivity index (χ0) is 39.2. The molecule has 4 heterocycles. The van der Waals surface area contributed by atoms with Crippen LogP contribution < -0.4 is 14.8 Å². The summed E-state index contributed by atoms with van der Waals surface area (Å²) in [6.45, 7) is 17.5. The van der Waals surface area contributed by atoms with Gasteiger partial charge in [0, 0.05) is 73.6 Å². The quantitative estimate of drug-likeness (QED) is 0.135. The van der Waals surface area contributed by atoms with Gasteiger partial charge in [0.15, 0.2) is 5.65 Å². The van der Waals surface area contributed by atoms with Crippen molar-refractivity contribution in [2.45, 2.75) is 97.0 Å². The van der Waals surface area contributed by atoms with Gasteiger partial charge in [-0.2, -0.15) is 4.98 Å². The van der Waals surface area contributed by atoms with Crippen LogP contribution in [-0.4, -0.2) is 56.6 Å². The number of nitrogens with zero attached hydrogens (tertiary/aromatic N) is 5. The van der Waals surface area contributed by atoms with E-state index in [0.717, 1.165) is 58.9 Å². The largest absolute Gasteiger partial charge is 0.478 e. The number of carboxylic acid groups (broad SMARTS) is 1. The maximum absolute atomic E-state index is 13.5. The van der Waals surface area contributed by atoms with Crippen molar-refractivity contribution in [2.24, 2.45) is 18.4 Å². The van der Waals surface area contributed by atoms with E-state index >= 15 is 0 Å². The number of rotatable bonds is 9. The van der Waals surface area contributed by atoms with Crippen LogP contribution in [0.2, 0.25) is 0 Å². The van der Waals surface area contributed by atoms with E-state index in [-0.39, 0.29) is 95.5 Å². The monoisotopic (exact) mass is 793 g/mol. The molecular formula is C41H51ArN7O5S. The first-order valence-electron chi connectivity index (χ1n) is 18.4. The number of aryl methyl sites for hydroxylation is 3. The average Bonchev–Trinajstić information content (AvgIpc) is 3.27. The van der Waals surface area contributed by atoms with Gasteiger partial charge in [-0.3, -0.25) is 4.98 Å². The summed E-state index contributed by atoms with van der Waals surface area (Å²) in [4.78, 5) is 30.5. The average molecular weight is 794 g/mol. The Kier molecular flexibility index (Phi) is 12.7. The van der Waals surface area contributed by atoms with E-state index in [9.17, 15) is 18.3 Å². The normalized spacial score (nSPS) is 18.0. The molecule has 3 atom stereocenters. The van der Waals surface area contributed by atoms with Crippen LogP contribution in [0.15, 0.2) is 65.7 Å². The van der Waals surface area contributed by atoms with Gasteiger partial charge in [0.1, 0.15) is 12.1 Å². The van der Waals surface area contributed by atoms with E-state index in [2.05, 4.69) is 72.2 Å². The number of sulfonamides is 1. The molecule has 0 spiro atoms. The Morgan fingerprint density at radius 2 is 1.67 bits per heavy atom. The zero-order valence-corrected chi connectivity index (χ0v) is 34.4. The molecule has 5 aromatic rings. The molecule has 1 fully saturated rings. The fourth-order valence-corrected chi connectivity index (χ4v) is 8.64. The molecule has 12 nitrogen and oxygen atoms in total. The molecule has 0 radical (unpaired) electrons. The molecule has 0 saturated carbocycles. The fraction of sp³-hybridized carbons (Fsp3) is 0.439. The Labute approximate surface area is 354 Å². The van der Waals surface area contributed by atoms with Crippen molar-refractivity contribution < 1.29 is 60.8 Å². The van der Waals surface area contributed by atoms with E-state index in [0.29, 0.717) is 5.69 Å². The molecule has 55 heavy (non-hydrogen) atoms. The van der Waals surface area contributed by atoms with Gasteiger partial charge in [-0.25, -0.2) is 27.9 Å². The number of hydrogen-bond donors (Lipinski definition) is 3. The van der Waals surface area contributed by atoms with Crippen LogP contribution in [0, 0.1) is 62.9 Å². The van der Waals surface area contributed by atoms with Gasteiger partial charge in [-0.05, 0) is 73.4 Å². The summed E-state index contributed by atoms with van der Waals surface area (Å²) < 4.78 is 38.2. The standard InChI is InChI=1S/C41H51N7O5S.Ar/c1-24-13-10-14-25(2)36(24)30-21-35(46-39(45-30)47-54(51,52)27-16-11-15-26(19-27)38(49)50)53-23-33-28(40(3,4)5)17-12-18-29(43-33)32-22-42-31-20-34(41(6,7)8)48(9)37(31)44-32;/h10-11,13-16,19-22,28-29,33,43H,12,17-18,23H2,1-9H3,(H,49,50)(H,45,46,47);/t28-,29+,33+;/m1./s1. The topological polar surface area (TPSA) is 161 Å². The second-order valence-electron chi connectivity index (χ2n) is 16.5. The van der Waals surface area contributed by atoms with Gasteiger partial charge in [0.05, 0.1) is 34.1 Å². The Bertz CT molecular complexity index is 2290. The summed E-state index contributed by atoms with van der Waals surface area (Å²) >= 11 is 0. The van der Waals surface area contributed by atoms with Crippen molar-refractivity contribution >= 4 is 33.1 Å². The SMILES string of the molecule is Cc1cccc(C)c1-c1cc(OC[C@@H]2N[C@H](c3cnc4cc(C(C)(C)C)n(C)c4n3)CCC[C@H]2C(C)(C)C)nc(NS(=O)(=O)c2cccc(C(=O)O)c2)n1.[Ar]. The van der Waals surface area contributed by atoms with Crippen LogP contribution in [0.4, 0.5) is 5.95 Å². The van der Waals surface area contributed by atoms with Gasteiger partial charge in [0.2, 0.25) is 11.8 Å². The van der Waals surface area contributed by atoms with Crippen molar-refractivity contribution in [1.82, 2.24) is 29.8 Å². The second-order valence-corrected chi connectivity index (χ2v) is 18.2. The number of fused-ring (bicyclic) bond motifs is 1. The minimum Gasteiger partial charge on any atom is -0.478 e. The Morgan fingerprint density at radius 3 is 2.33 bits per heavy atom. The molecule has 1 aliphatic rings. The third-order valence-corrected chi connectivity index (χ3v) is 11.7.